The van der Waals surface area contributed by atoms with E-state index >= 15 is 0 Å². The van der Waals surface area contributed by atoms with E-state index in [1.54, 1.807) is 0 Å². The molecule has 0 aromatic carbocycles. The van der Waals surface area contributed by atoms with Gasteiger partial charge in [0.2, 0.25) is 0 Å². The predicted molar refractivity (Wildman–Crippen MR) is 84.5 cm³/mol. The molecule has 0 atom stereocenters. The molecule has 1 aliphatic carbocycles. The molecule has 1 saturated carbocycles. The summed E-state index contributed by atoms with van der Waals surface area (Å²) in [5, 5.41) is 3.59. The Bertz CT molecular complexity index is 416. The van der Waals surface area contributed by atoms with E-state index in [1.165, 1.54) is 18.4 Å². The van der Waals surface area contributed by atoms with E-state index in [4.69, 9.17) is 0 Å². The quantitative estimate of drug-likeness (QED) is 0.830. The molecule has 1 aromatic heterocycles. The van der Waals surface area contributed by atoms with Crippen LogP contribution in [0.5, 0.6) is 0 Å². The van der Waals surface area contributed by atoms with Crippen LogP contribution in [0.15, 0.2) is 16.7 Å². The Labute approximate surface area is 124 Å². The molecule has 2 rings (SSSR count). The van der Waals surface area contributed by atoms with Gasteiger partial charge in [0.05, 0.1) is 0 Å². The molecular formula is C15H24BrN3. The van der Waals surface area contributed by atoms with Crippen LogP contribution in [0.3, 0.4) is 0 Å². The average molecular weight is 326 g/mol. The van der Waals surface area contributed by atoms with E-state index in [0.29, 0.717) is 5.92 Å². The molecule has 19 heavy (non-hydrogen) atoms. The molecule has 1 aliphatic rings. The summed E-state index contributed by atoms with van der Waals surface area (Å²) in [4.78, 5) is 7.02. The summed E-state index contributed by atoms with van der Waals surface area (Å²) in [6, 6.07) is 2.92. The monoisotopic (exact) mass is 325 g/mol. The first-order valence-corrected chi connectivity index (χ1v) is 8.02. The largest absolute Gasteiger partial charge is 0.356 e. The summed E-state index contributed by atoms with van der Waals surface area (Å²) in [5.41, 5.74) is 1.30. The molecule has 0 bridgehead atoms. The molecule has 1 aromatic rings. The fraction of sp³-hybridized carbons (Fsp3) is 0.667. The fourth-order valence-electron chi connectivity index (χ4n) is 2.24. The van der Waals surface area contributed by atoms with Crippen LogP contribution in [0.1, 0.15) is 39.2 Å². The summed E-state index contributed by atoms with van der Waals surface area (Å²) in [7, 11) is 0. The summed E-state index contributed by atoms with van der Waals surface area (Å²) >= 11 is 3.53. The lowest BCUT2D eigenvalue weighted by molar-refractivity contribution is 0.608. The molecule has 1 N–H and O–H groups in total. The van der Waals surface area contributed by atoms with Crippen molar-refractivity contribution < 1.29 is 0 Å². The minimum atomic E-state index is 0.648. The maximum Gasteiger partial charge on any atom is 0.133 e. The average Bonchev–Trinajstić information content (AvgIpc) is 3.18. The van der Waals surface area contributed by atoms with Crippen LogP contribution in [-0.2, 0) is 6.54 Å². The minimum Gasteiger partial charge on any atom is -0.356 e. The SMILES string of the molecule is CCN(CC(C)C)c1ncc(Br)cc1CNC1CC1. The number of anilines is 1. The van der Waals surface area contributed by atoms with E-state index in [-0.39, 0.29) is 0 Å². The van der Waals surface area contributed by atoms with Crippen LogP contribution >= 0.6 is 15.9 Å². The van der Waals surface area contributed by atoms with E-state index < -0.39 is 0 Å². The topological polar surface area (TPSA) is 28.2 Å². The van der Waals surface area contributed by atoms with Crippen molar-refractivity contribution in [1.82, 2.24) is 10.3 Å². The summed E-state index contributed by atoms with van der Waals surface area (Å²) in [6.45, 7) is 9.68. The third kappa shape index (κ3) is 4.46. The number of hydrogen-bond donors (Lipinski definition) is 1. The van der Waals surface area contributed by atoms with Crippen molar-refractivity contribution in [2.24, 2.45) is 5.92 Å². The van der Waals surface area contributed by atoms with Gasteiger partial charge in [-0.3, -0.25) is 0 Å². The fourth-order valence-corrected chi connectivity index (χ4v) is 2.62. The highest BCUT2D eigenvalue weighted by molar-refractivity contribution is 9.10. The molecule has 0 radical (unpaired) electrons. The van der Waals surface area contributed by atoms with E-state index in [2.05, 4.69) is 58.0 Å². The number of hydrogen-bond acceptors (Lipinski definition) is 3. The number of nitrogens with zero attached hydrogens (tertiary/aromatic N) is 2. The number of pyridine rings is 1. The van der Waals surface area contributed by atoms with Crippen molar-refractivity contribution in [1.29, 1.82) is 0 Å². The van der Waals surface area contributed by atoms with Gasteiger partial charge in [-0.2, -0.15) is 0 Å². The van der Waals surface area contributed by atoms with Crippen LogP contribution in [-0.4, -0.2) is 24.1 Å². The summed E-state index contributed by atoms with van der Waals surface area (Å²) < 4.78 is 1.06. The lowest BCUT2D eigenvalue weighted by Crippen LogP contribution is -2.30. The molecular weight excluding hydrogens is 302 g/mol. The molecule has 0 amide bonds. The number of aromatic nitrogens is 1. The molecule has 0 spiro atoms. The third-order valence-corrected chi connectivity index (χ3v) is 3.77. The van der Waals surface area contributed by atoms with Crippen LogP contribution in [0.4, 0.5) is 5.82 Å². The minimum absolute atomic E-state index is 0.648. The predicted octanol–water partition coefficient (Wildman–Crippen LogP) is 3.58. The Morgan fingerprint density at radius 2 is 2.21 bits per heavy atom. The van der Waals surface area contributed by atoms with E-state index in [0.717, 1.165) is 36.0 Å². The van der Waals surface area contributed by atoms with Crippen molar-refractivity contribution in [2.75, 3.05) is 18.0 Å². The number of nitrogens with one attached hydrogen (secondary N) is 1. The van der Waals surface area contributed by atoms with Crippen LogP contribution in [0.25, 0.3) is 0 Å². The third-order valence-electron chi connectivity index (χ3n) is 3.33. The first kappa shape index (κ1) is 14.8. The van der Waals surface area contributed by atoms with Gasteiger partial charge >= 0.3 is 0 Å². The Balaban J connectivity index is 2.15. The summed E-state index contributed by atoms with van der Waals surface area (Å²) in [6.07, 6.45) is 4.54. The molecule has 1 heterocycles. The van der Waals surface area contributed by atoms with Gasteiger partial charge in [-0.1, -0.05) is 13.8 Å². The van der Waals surface area contributed by atoms with Gasteiger partial charge in [0.15, 0.2) is 0 Å². The lowest BCUT2D eigenvalue weighted by Gasteiger charge is -2.26. The van der Waals surface area contributed by atoms with Crippen molar-refractivity contribution >= 4 is 21.7 Å². The van der Waals surface area contributed by atoms with Gasteiger partial charge in [0.1, 0.15) is 5.82 Å². The van der Waals surface area contributed by atoms with Gasteiger partial charge in [-0.15, -0.1) is 0 Å². The second-order valence-electron chi connectivity index (χ2n) is 5.72. The van der Waals surface area contributed by atoms with Crippen LogP contribution in [0, 0.1) is 5.92 Å². The van der Waals surface area contributed by atoms with E-state index in [1.807, 2.05) is 6.20 Å². The van der Waals surface area contributed by atoms with Crippen LogP contribution < -0.4 is 10.2 Å². The highest BCUT2D eigenvalue weighted by Crippen LogP contribution is 2.25. The van der Waals surface area contributed by atoms with Gasteiger partial charge in [-0.05, 0) is 47.7 Å². The lowest BCUT2D eigenvalue weighted by atomic mass is 10.1. The highest BCUT2D eigenvalue weighted by atomic mass is 79.9. The standard InChI is InChI=1S/C15H24BrN3/c1-4-19(10-11(2)3)15-12(7-13(16)9-18-15)8-17-14-5-6-14/h7,9,11,14,17H,4-6,8,10H2,1-3H3. The zero-order valence-corrected chi connectivity index (χ0v) is 13.7. The zero-order valence-electron chi connectivity index (χ0n) is 12.1. The molecule has 3 nitrogen and oxygen atoms in total. The molecule has 0 unspecified atom stereocenters. The van der Waals surface area contributed by atoms with E-state index in [9.17, 15) is 0 Å². The second-order valence-corrected chi connectivity index (χ2v) is 6.64. The normalized spacial score (nSPS) is 15.0. The molecule has 1 fully saturated rings. The Hall–Kier alpha value is -0.610. The first-order valence-electron chi connectivity index (χ1n) is 7.23. The van der Waals surface area contributed by atoms with Crippen molar-refractivity contribution in [3.05, 3.63) is 22.3 Å². The molecule has 106 valence electrons. The van der Waals surface area contributed by atoms with Crippen LogP contribution in [0.2, 0.25) is 0 Å². The maximum atomic E-state index is 4.64. The van der Waals surface area contributed by atoms with Gasteiger partial charge in [0, 0.05) is 41.9 Å². The van der Waals surface area contributed by atoms with Gasteiger partial charge in [-0.25, -0.2) is 4.98 Å². The molecule has 0 saturated heterocycles. The Kier molecular flexibility index (Phi) is 5.22. The van der Waals surface area contributed by atoms with Gasteiger partial charge < -0.3 is 10.2 Å². The smallest absolute Gasteiger partial charge is 0.133 e. The van der Waals surface area contributed by atoms with Crippen molar-refractivity contribution in [3.63, 3.8) is 0 Å². The van der Waals surface area contributed by atoms with Crippen molar-refractivity contribution in [3.8, 4) is 0 Å². The van der Waals surface area contributed by atoms with Crippen molar-refractivity contribution in [2.45, 2.75) is 46.2 Å². The van der Waals surface area contributed by atoms with Gasteiger partial charge in [0.25, 0.3) is 0 Å². The molecule has 0 aliphatic heterocycles. The summed E-state index contributed by atoms with van der Waals surface area (Å²) in [5.74, 6) is 1.78. The maximum absolute atomic E-state index is 4.64. The number of rotatable bonds is 7. The highest BCUT2D eigenvalue weighted by Gasteiger charge is 2.21. The Morgan fingerprint density at radius 1 is 1.47 bits per heavy atom. The second kappa shape index (κ2) is 6.71. The first-order chi connectivity index (χ1) is 9.10. The zero-order chi connectivity index (χ0) is 13.8. The molecule has 4 heteroatoms. The number of halogens is 1. The Morgan fingerprint density at radius 3 is 2.79 bits per heavy atom.